The number of carbonyl (C=O) groups excluding carboxylic acids is 2. The number of amides is 2. The molecule has 1 aromatic rings. The molecule has 138 valence electrons. The number of likely N-dealkylation sites (tertiary alicyclic amines) is 1. The van der Waals surface area contributed by atoms with Crippen molar-refractivity contribution in [1.82, 2.24) is 15.5 Å². The number of piperidine rings is 1. The Morgan fingerprint density at radius 2 is 1.92 bits per heavy atom. The molecular formula is C19H28BrN3O2. The van der Waals surface area contributed by atoms with Crippen molar-refractivity contribution in [3.05, 3.63) is 34.3 Å². The van der Waals surface area contributed by atoms with E-state index in [1.54, 1.807) is 0 Å². The van der Waals surface area contributed by atoms with Crippen molar-refractivity contribution < 1.29 is 9.59 Å². The fraction of sp³-hybridized carbons (Fsp3) is 0.579. The Bertz CT molecular complexity index is 605. The Labute approximate surface area is 158 Å². The van der Waals surface area contributed by atoms with Crippen LogP contribution in [-0.2, 0) is 4.79 Å². The molecule has 0 bridgehead atoms. The van der Waals surface area contributed by atoms with Gasteiger partial charge in [-0.05, 0) is 70.8 Å². The van der Waals surface area contributed by atoms with Crippen molar-refractivity contribution in [2.75, 3.05) is 26.2 Å². The smallest absolute Gasteiger partial charge is 0.251 e. The molecule has 1 aliphatic rings. The number of carbonyl (C=O) groups is 2. The van der Waals surface area contributed by atoms with Crippen molar-refractivity contribution in [1.29, 1.82) is 0 Å². The van der Waals surface area contributed by atoms with E-state index in [1.165, 1.54) is 0 Å². The van der Waals surface area contributed by atoms with Gasteiger partial charge in [-0.15, -0.1) is 0 Å². The lowest BCUT2D eigenvalue weighted by atomic mass is 9.96. The molecule has 0 aliphatic carbocycles. The summed E-state index contributed by atoms with van der Waals surface area (Å²) in [6, 6.07) is 7.41. The zero-order chi connectivity index (χ0) is 18.4. The summed E-state index contributed by atoms with van der Waals surface area (Å²) in [5.74, 6) is 0.514. The Morgan fingerprint density at radius 3 is 2.52 bits per heavy atom. The molecule has 6 heteroatoms. The predicted molar refractivity (Wildman–Crippen MR) is 104 cm³/mol. The second kappa shape index (κ2) is 8.81. The third kappa shape index (κ3) is 7.16. The minimum absolute atomic E-state index is 0.0340. The maximum absolute atomic E-state index is 12.2. The number of benzene rings is 1. The highest BCUT2D eigenvalue weighted by Gasteiger charge is 2.22. The monoisotopic (exact) mass is 409 g/mol. The van der Waals surface area contributed by atoms with Gasteiger partial charge < -0.3 is 10.6 Å². The zero-order valence-corrected chi connectivity index (χ0v) is 16.9. The minimum Gasteiger partial charge on any atom is -0.352 e. The summed E-state index contributed by atoms with van der Waals surface area (Å²) < 4.78 is 0.905. The molecule has 1 heterocycles. The molecule has 25 heavy (non-hydrogen) atoms. The number of rotatable bonds is 5. The first kappa shape index (κ1) is 19.9. The summed E-state index contributed by atoms with van der Waals surface area (Å²) in [5, 5.41) is 6.02. The van der Waals surface area contributed by atoms with Crippen LogP contribution < -0.4 is 10.6 Å². The minimum atomic E-state index is -0.188. The van der Waals surface area contributed by atoms with Crippen LogP contribution in [-0.4, -0.2) is 48.4 Å². The Hall–Kier alpha value is -1.40. The highest BCUT2D eigenvalue weighted by molar-refractivity contribution is 9.10. The van der Waals surface area contributed by atoms with E-state index in [-0.39, 0.29) is 17.4 Å². The maximum Gasteiger partial charge on any atom is 0.251 e. The first-order valence-electron chi connectivity index (χ1n) is 8.80. The summed E-state index contributed by atoms with van der Waals surface area (Å²) in [7, 11) is 0. The molecule has 1 aromatic carbocycles. The molecule has 0 spiro atoms. The van der Waals surface area contributed by atoms with Gasteiger partial charge in [0.25, 0.3) is 5.91 Å². The standard InChI is InChI=1S/C19H28BrN3O2/c1-19(2,3)22-17(24)13-23-9-7-14(8-10-23)12-21-18(25)15-5-4-6-16(20)11-15/h4-6,11,14H,7-10,12-13H2,1-3H3,(H,21,25)(H,22,24). The number of hydrogen-bond donors (Lipinski definition) is 2. The van der Waals surface area contributed by atoms with Crippen molar-refractivity contribution in [3.8, 4) is 0 Å². The molecule has 0 atom stereocenters. The van der Waals surface area contributed by atoms with E-state index in [9.17, 15) is 9.59 Å². The molecule has 2 N–H and O–H groups in total. The van der Waals surface area contributed by atoms with Crippen LogP contribution in [0.5, 0.6) is 0 Å². The summed E-state index contributed by atoms with van der Waals surface area (Å²) in [6.45, 7) is 8.91. The number of nitrogens with one attached hydrogen (secondary N) is 2. The van der Waals surface area contributed by atoms with E-state index in [2.05, 4.69) is 31.5 Å². The molecule has 1 aliphatic heterocycles. The lowest BCUT2D eigenvalue weighted by molar-refractivity contribution is -0.124. The first-order valence-corrected chi connectivity index (χ1v) is 9.59. The van der Waals surface area contributed by atoms with E-state index in [0.717, 1.165) is 30.4 Å². The molecular weight excluding hydrogens is 382 g/mol. The topological polar surface area (TPSA) is 61.4 Å². The lowest BCUT2D eigenvalue weighted by Gasteiger charge is -2.32. The van der Waals surface area contributed by atoms with Gasteiger partial charge in [-0.3, -0.25) is 14.5 Å². The third-order valence-corrected chi connectivity index (χ3v) is 4.72. The van der Waals surface area contributed by atoms with Crippen molar-refractivity contribution in [3.63, 3.8) is 0 Å². The van der Waals surface area contributed by atoms with Gasteiger partial charge in [0, 0.05) is 22.1 Å². The van der Waals surface area contributed by atoms with E-state index in [4.69, 9.17) is 0 Å². The molecule has 1 fully saturated rings. The van der Waals surface area contributed by atoms with Gasteiger partial charge in [-0.2, -0.15) is 0 Å². The molecule has 2 rings (SSSR count). The second-order valence-electron chi connectivity index (χ2n) is 7.74. The SMILES string of the molecule is CC(C)(C)NC(=O)CN1CCC(CNC(=O)c2cccc(Br)c2)CC1. The van der Waals surface area contributed by atoms with Crippen LogP contribution >= 0.6 is 15.9 Å². The maximum atomic E-state index is 12.2. The van der Waals surface area contributed by atoms with Crippen molar-refractivity contribution >= 4 is 27.7 Å². The summed E-state index contributed by atoms with van der Waals surface area (Å²) in [6.07, 6.45) is 2.00. The Kier molecular flexibility index (Phi) is 7.02. The second-order valence-corrected chi connectivity index (χ2v) is 8.65. The Morgan fingerprint density at radius 1 is 1.24 bits per heavy atom. The van der Waals surface area contributed by atoms with Crippen LogP contribution in [0, 0.1) is 5.92 Å². The molecule has 0 aromatic heterocycles. The van der Waals surface area contributed by atoms with Crippen molar-refractivity contribution in [2.24, 2.45) is 5.92 Å². The predicted octanol–water partition coefficient (Wildman–Crippen LogP) is 2.81. The van der Waals surface area contributed by atoms with Crippen LogP contribution in [0.2, 0.25) is 0 Å². The fourth-order valence-corrected chi connectivity index (χ4v) is 3.38. The number of nitrogens with zero attached hydrogens (tertiary/aromatic N) is 1. The molecule has 2 amide bonds. The van der Waals surface area contributed by atoms with Crippen molar-refractivity contribution in [2.45, 2.75) is 39.2 Å². The van der Waals surface area contributed by atoms with Gasteiger partial charge in [-0.1, -0.05) is 22.0 Å². The van der Waals surface area contributed by atoms with Crippen LogP contribution in [0.25, 0.3) is 0 Å². The molecule has 0 radical (unpaired) electrons. The average molecular weight is 410 g/mol. The van der Waals surface area contributed by atoms with E-state index in [1.807, 2.05) is 45.0 Å². The fourth-order valence-electron chi connectivity index (χ4n) is 2.98. The van der Waals surface area contributed by atoms with Crippen LogP contribution in [0.3, 0.4) is 0 Å². The van der Waals surface area contributed by atoms with Crippen LogP contribution in [0.4, 0.5) is 0 Å². The van der Waals surface area contributed by atoms with Crippen LogP contribution in [0.1, 0.15) is 44.0 Å². The van der Waals surface area contributed by atoms with E-state index < -0.39 is 0 Å². The zero-order valence-electron chi connectivity index (χ0n) is 15.3. The van der Waals surface area contributed by atoms with E-state index in [0.29, 0.717) is 24.6 Å². The average Bonchev–Trinajstić information content (AvgIpc) is 2.52. The normalized spacial score (nSPS) is 16.5. The van der Waals surface area contributed by atoms with Gasteiger partial charge in [-0.25, -0.2) is 0 Å². The highest BCUT2D eigenvalue weighted by atomic mass is 79.9. The summed E-state index contributed by atoms with van der Waals surface area (Å²) in [5.41, 5.74) is 0.484. The summed E-state index contributed by atoms with van der Waals surface area (Å²) in [4.78, 5) is 26.4. The lowest BCUT2D eigenvalue weighted by Crippen LogP contribution is -2.48. The quantitative estimate of drug-likeness (QED) is 0.785. The van der Waals surface area contributed by atoms with E-state index >= 15 is 0 Å². The van der Waals surface area contributed by atoms with Gasteiger partial charge in [0.2, 0.25) is 5.91 Å². The molecule has 5 nitrogen and oxygen atoms in total. The molecule has 1 saturated heterocycles. The number of halogens is 1. The summed E-state index contributed by atoms with van der Waals surface area (Å²) >= 11 is 3.38. The molecule has 0 saturated carbocycles. The molecule has 0 unspecified atom stereocenters. The Balaban J connectivity index is 1.70. The number of hydrogen-bond acceptors (Lipinski definition) is 3. The van der Waals surface area contributed by atoms with Gasteiger partial charge in [0.05, 0.1) is 6.54 Å². The van der Waals surface area contributed by atoms with Gasteiger partial charge in [0.15, 0.2) is 0 Å². The largest absolute Gasteiger partial charge is 0.352 e. The van der Waals surface area contributed by atoms with Gasteiger partial charge >= 0.3 is 0 Å². The first-order chi connectivity index (χ1) is 11.7. The van der Waals surface area contributed by atoms with Crippen LogP contribution in [0.15, 0.2) is 28.7 Å². The third-order valence-electron chi connectivity index (χ3n) is 4.23. The van der Waals surface area contributed by atoms with Gasteiger partial charge in [0.1, 0.15) is 0 Å². The highest BCUT2D eigenvalue weighted by Crippen LogP contribution is 2.17.